The van der Waals surface area contributed by atoms with Crippen molar-refractivity contribution in [1.29, 1.82) is 0 Å². The lowest BCUT2D eigenvalue weighted by atomic mass is 10.1. The average Bonchev–Trinajstić information content (AvgIpc) is 2.79. The molecule has 0 bridgehead atoms. The van der Waals surface area contributed by atoms with Crippen molar-refractivity contribution in [3.63, 3.8) is 0 Å². The lowest BCUT2D eigenvalue weighted by molar-refractivity contribution is -0.0298. The number of nitrogens with two attached hydrogens (primary N) is 1. The van der Waals surface area contributed by atoms with E-state index in [1.165, 1.54) is 6.07 Å². The van der Waals surface area contributed by atoms with Gasteiger partial charge in [-0.05, 0) is 32.3 Å². The van der Waals surface area contributed by atoms with Crippen molar-refractivity contribution in [2.45, 2.75) is 37.2 Å². The van der Waals surface area contributed by atoms with Crippen LogP contribution in [0.2, 0.25) is 0 Å². The molecular weight excluding hydrogens is 302 g/mol. The first-order valence-electron chi connectivity index (χ1n) is 6.30. The van der Waals surface area contributed by atoms with E-state index in [9.17, 15) is 13.2 Å². The summed E-state index contributed by atoms with van der Waals surface area (Å²) in [5.41, 5.74) is 0. The van der Waals surface area contributed by atoms with Crippen molar-refractivity contribution in [1.82, 2.24) is 0 Å². The number of rotatable bonds is 4. The summed E-state index contributed by atoms with van der Waals surface area (Å²) in [6, 6.07) is 1.26. The van der Waals surface area contributed by atoms with Crippen LogP contribution in [0.5, 0.6) is 0 Å². The first-order chi connectivity index (χ1) is 9.38. The Balaban J connectivity index is 1.99. The summed E-state index contributed by atoms with van der Waals surface area (Å²) in [5, 5.41) is 5.07. The molecule has 2 N–H and O–H groups in total. The van der Waals surface area contributed by atoms with Crippen molar-refractivity contribution in [3.05, 3.63) is 15.8 Å². The molecule has 0 amide bonds. The molecule has 1 aliphatic rings. The highest BCUT2D eigenvalue weighted by Crippen LogP contribution is 2.25. The minimum atomic E-state index is -3.80. The Kier molecular flexibility index (Phi) is 4.79. The molecule has 112 valence electrons. The number of aryl methyl sites for hydroxylation is 1. The molecule has 0 saturated carbocycles. The molecule has 1 fully saturated rings. The zero-order valence-electron chi connectivity index (χ0n) is 11.1. The van der Waals surface area contributed by atoms with Gasteiger partial charge in [-0.25, -0.2) is 18.4 Å². The molecule has 2 rings (SSSR count). The lowest BCUT2D eigenvalue weighted by Crippen LogP contribution is -2.25. The Morgan fingerprint density at radius 1 is 1.55 bits per heavy atom. The van der Waals surface area contributed by atoms with Crippen LogP contribution in [0.1, 0.15) is 33.8 Å². The number of thiophene rings is 1. The van der Waals surface area contributed by atoms with E-state index in [0.29, 0.717) is 11.5 Å². The summed E-state index contributed by atoms with van der Waals surface area (Å²) in [6.45, 7) is 2.49. The molecule has 1 unspecified atom stereocenters. The number of primary sulfonamides is 1. The van der Waals surface area contributed by atoms with Crippen molar-refractivity contribution in [3.8, 4) is 0 Å². The van der Waals surface area contributed by atoms with Crippen LogP contribution < -0.4 is 5.14 Å². The Bertz CT molecular complexity index is 587. The quantitative estimate of drug-likeness (QED) is 0.847. The largest absolute Gasteiger partial charge is 0.459 e. The summed E-state index contributed by atoms with van der Waals surface area (Å²) in [6.07, 6.45) is 2.91. The SMILES string of the molecule is Cc1sc(C(=O)OCC2CCCCO2)cc1S(N)(=O)=O. The van der Waals surface area contributed by atoms with E-state index in [2.05, 4.69) is 0 Å². The van der Waals surface area contributed by atoms with Gasteiger partial charge in [0.25, 0.3) is 0 Å². The minimum Gasteiger partial charge on any atom is -0.459 e. The maximum atomic E-state index is 11.9. The molecule has 0 radical (unpaired) electrons. The van der Waals surface area contributed by atoms with Crippen LogP contribution in [0.4, 0.5) is 0 Å². The molecule has 0 aromatic carbocycles. The van der Waals surface area contributed by atoms with Crippen LogP contribution in [0.3, 0.4) is 0 Å². The van der Waals surface area contributed by atoms with Crippen molar-refractivity contribution in [2.24, 2.45) is 5.14 Å². The molecule has 2 heterocycles. The standard InChI is InChI=1S/C12H17NO5S2/c1-8-11(20(13,15)16)6-10(19-8)12(14)18-7-9-4-2-3-5-17-9/h6,9H,2-5,7H2,1H3,(H2,13,15,16). The molecule has 0 aliphatic carbocycles. The van der Waals surface area contributed by atoms with Gasteiger partial charge in [0.2, 0.25) is 10.0 Å². The predicted octanol–water partition coefficient (Wildman–Crippen LogP) is 1.43. The van der Waals surface area contributed by atoms with Gasteiger partial charge in [-0.3, -0.25) is 0 Å². The molecule has 8 heteroatoms. The molecule has 1 saturated heterocycles. The lowest BCUT2D eigenvalue weighted by Gasteiger charge is -2.21. The fourth-order valence-corrected chi connectivity index (χ4v) is 4.07. The smallest absolute Gasteiger partial charge is 0.348 e. The number of carbonyl (C=O) groups excluding carboxylic acids is 1. The fourth-order valence-electron chi connectivity index (χ4n) is 2.03. The van der Waals surface area contributed by atoms with Gasteiger partial charge in [0, 0.05) is 11.5 Å². The van der Waals surface area contributed by atoms with Gasteiger partial charge >= 0.3 is 5.97 Å². The Labute approximate surface area is 121 Å². The zero-order chi connectivity index (χ0) is 14.8. The Morgan fingerprint density at radius 3 is 2.85 bits per heavy atom. The number of hydrogen-bond donors (Lipinski definition) is 1. The summed E-state index contributed by atoms with van der Waals surface area (Å²) in [4.78, 5) is 12.6. The van der Waals surface area contributed by atoms with E-state index < -0.39 is 16.0 Å². The van der Waals surface area contributed by atoms with Gasteiger partial charge in [-0.15, -0.1) is 11.3 Å². The Hall–Kier alpha value is -0.960. The van der Waals surface area contributed by atoms with E-state index in [4.69, 9.17) is 14.6 Å². The highest BCUT2D eigenvalue weighted by molar-refractivity contribution is 7.89. The maximum absolute atomic E-state index is 11.9. The second-order valence-electron chi connectivity index (χ2n) is 4.66. The van der Waals surface area contributed by atoms with Crippen molar-refractivity contribution >= 4 is 27.3 Å². The third kappa shape index (κ3) is 3.78. The number of hydrogen-bond acceptors (Lipinski definition) is 6. The molecule has 6 nitrogen and oxygen atoms in total. The summed E-state index contributed by atoms with van der Waals surface area (Å²) in [5.74, 6) is -0.540. The van der Waals surface area contributed by atoms with Gasteiger partial charge < -0.3 is 9.47 Å². The number of carbonyl (C=O) groups is 1. The van der Waals surface area contributed by atoms with Crippen molar-refractivity contribution in [2.75, 3.05) is 13.2 Å². The van der Waals surface area contributed by atoms with Crippen LogP contribution in [-0.4, -0.2) is 33.7 Å². The predicted molar refractivity (Wildman–Crippen MR) is 74.3 cm³/mol. The summed E-state index contributed by atoms with van der Waals surface area (Å²) >= 11 is 1.06. The fraction of sp³-hybridized carbons (Fsp3) is 0.583. The highest BCUT2D eigenvalue weighted by Gasteiger charge is 2.21. The molecule has 1 aromatic heterocycles. The average molecular weight is 319 g/mol. The van der Waals surface area contributed by atoms with Gasteiger partial charge in [-0.2, -0.15) is 0 Å². The molecule has 1 aliphatic heterocycles. The van der Waals surface area contributed by atoms with Crippen LogP contribution in [-0.2, 0) is 19.5 Å². The second kappa shape index (κ2) is 6.21. The van der Waals surface area contributed by atoms with Gasteiger partial charge in [0.15, 0.2) is 0 Å². The van der Waals surface area contributed by atoms with Gasteiger partial charge in [0.1, 0.15) is 11.5 Å². The molecular formula is C12H17NO5S2. The summed E-state index contributed by atoms with van der Waals surface area (Å²) < 4.78 is 33.2. The van der Waals surface area contributed by atoms with Gasteiger partial charge in [-0.1, -0.05) is 0 Å². The first kappa shape index (κ1) is 15.4. The maximum Gasteiger partial charge on any atom is 0.348 e. The monoisotopic (exact) mass is 319 g/mol. The number of esters is 1. The molecule has 0 spiro atoms. The van der Waals surface area contributed by atoms with E-state index >= 15 is 0 Å². The molecule has 1 atom stereocenters. The van der Waals surface area contributed by atoms with Crippen molar-refractivity contribution < 1.29 is 22.7 Å². The Morgan fingerprint density at radius 2 is 2.30 bits per heavy atom. The highest BCUT2D eigenvalue weighted by atomic mass is 32.2. The zero-order valence-corrected chi connectivity index (χ0v) is 12.8. The first-order valence-corrected chi connectivity index (χ1v) is 8.66. The molecule has 1 aromatic rings. The van der Waals surface area contributed by atoms with E-state index in [1.807, 2.05) is 0 Å². The van der Waals surface area contributed by atoms with Gasteiger partial charge in [0.05, 0.1) is 11.0 Å². The van der Waals surface area contributed by atoms with Crippen LogP contribution in [0.15, 0.2) is 11.0 Å². The topological polar surface area (TPSA) is 95.7 Å². The molecule has 20 heavy (non-hydrogen) atoms. The third-order valence-corrected chi connectivity index (χ3v) is 5.25. The van der Waals surface area contributed by atoms with E-state index in [-0.39, 0.29) is 22.5 Å². The second-order valence-corrected chi connectivity index (χ2v) is 7.45. The van der Waals surface area contributed by atoms with E-state index in [1.54, 1.807) is 6.92 Å². The van der Waals surface area contributed by atoms with E-state index in [0.717, 1.165) is 30.6 Å². The summed E-state index contributed by atoms with van der Waals surface area (Å²) in [7, 11) is -3.80. The van der Waals surface area contributed by atoms with Crippen LogP contribution >= 0.6 is 11.3 Å². The minimum absolute atomic E-state index is 0.0247. The van der Waals surface area contributed by atoms with Crippen LogP contribution in [0, 0.1) is 6.92 Å². The number of ether oxygens (including phenoxy) is 2. The third-order valence-electron chi connectivity index (χ3n) is 3.05. The number of sulfonamides is 1. The van der Waals surface area contributed by atoms with Crippen LogP contribution in [0.25, 0.3) is 0 Å². The normalized spacial score (nSPS) is 19.8.